The largest absolute Gasteiger partial charge is 0.464 e. The van der Waals surface area contributed by atoms with E-state index < -0.39 is 0 Å². The average molecular weight is 248 g/mol. The Morgan fingerprint density at radius 1 is 1.28 bits per heavy atom. The summed E-state index contributed by atoms with van der Waals surface area (Å²) in [6.07, 6.45) is 4.13. The van der Waals surface area contributed by atoms with Gasteiger partial charge in [0.05, 0.1) is 6.04 Å². The molecule has 1 aromatic heterocycles. The van der Waals surface area contributed by atoms with Gasteiger partial charge in [0.25, 0.3) is 0 Å². The van der Waals surface area contributed by atoms with Gasteiger partial charge in [0.2, 0.25) is 0 Å². The highest BCUT2D eigenvalue weighted by molar-refractivity contribution is 5.22. The Bertz CT molecular complexity index is 383. The third-order valence-corrected chi connectivity index (χ3v) is 4.62. The third-order valence-electron chi connectivity index (χ3n) is 4.62. The van der Waals surface area contributed by atoms with Crippen molar-refractivity contribution in [1.29, 1.82) is 0 Å². The molecule has 100 valence electrons. The van der Waals surface area contributed by atoms with Gasteiger partial charge in [0.15, 0.2) is 0 Å². The molecule has 2 aliphatic rings. The zero-order valence-corrected chi connectivity index (χ0v) is 11.5. The quantitative estimate of drug-likeness (QED) is 0.891. The van der Waals surface area contributed by atoms with Crippen molar-refractivity contribution in [3.63, 3.8) is 0 Å². The van der Waals surface area contributed by atoms with Crippen molar-refractivity contribution in [3.05, 3.63) is 23.2 Å². The molecule has 1 N–H and O–H groups in total. The van der Waals surface area contributed by atoms with E-state index in [0.717, 1.165) is 37.9 Å². The van der Waals surface area contributed by atoms with E-state index in [0.29, 0.717) is 6.04 Å². The molecule has 3 nitrogen and oxygen atoms in total. The van der Waals surface area contributed by atoms with Gasteiger partial charge in [-0.3, -0.25) is 4.90 Å². The second-order valence-corrected chi connectivity index (χ2v) is 5.81. The smallest absolute Gasteiger partial charge is 0.121 e. The Morgan fingerprint density at radius 2 is 2.00 bits per heavy atom. The lowest BCUT2D eigenvalue weighted by Gasteiger charge is -2.41. The monoisotopic (exact) mass is 248 g/mol. The van der Waals surface area contributed by atoms with Crippen molar-refractivity contribution in [2.24, 2.45) is 5.92 Å². The molecule has 18 heavy (non-hydrogen) atoms. The maximum absolute atomic E-state index is 6.02. The molecule has 1 aliphatic carbocycles. The van der Waals surface area contributed by atoms with E-state index in [1.54, 1.807) is 0 Å². The van der Waals surface area contributed by atoms with Gasteiger partial charge >= 0.3 is 0 Å². The molecule has 1 atom stereocenters. The minimum absolute atomic E-state index is 0.522. The SMILES string of the molecule is Cc1cc([C@@H](C2CCC2)N2CCNCC2)oc1C. The summed E-state index contributed by atoms with van der Waals surface area (Å²) >= 11 is 0. The number of rotatable bonds is 3. The molecule has 1 saturated carbocycles. The van der Waals surface area contributed by atoms with Crippen LogP contribution in [0.15, 0.2) is 10.5 Å². The third kappa shape index (κ3) is 2.21. The topological polar surface area (TPSA) is 28.4 Å². The molecule has 1 aliphatic heterocycles. The van der Waals surface area contributed by atoms with E-state index in [2.05, 4.69) is 30.1 Å². The van der Waals surface area contributed by atoms with Crippen molar-refractivity contribution in [2.75, 3.05) is 26.2 Å². The van der Waals surface area contributed by atoms with E-state index in [-0.39, 0.29) is 0 Å². The first-order chi connectivity index (χ1) is 8.75. The van der Waals surface area contributed by atoms with E-state index in [4.69, 9.17) is 4.42 Å². The van der Waals surface area contributed by atoms with Crippen LogP contribution in [-0.2, 0) is 0 Å². The van der Waals surface area contributed by atoms with Crippen LogP contribution in [0.1, 0.15) is 42.4 Å². The predicted octanol–water partition coefficient (Wildman–Crippen LogP) is 2.64. The first kappa shape index (κ1) is 12.2. The number of hydrogen-bond donors (Lipinski definition) is 1. The summed E-state index contributed by atoms with van der Waals surface area (Å²) < 4.78 is 6.02. The van der Waals surface area contributed by atoms with E-state index in [1.165, 1.54) is 30.6 Å². The molecule has 1 saturated heterocycles. The van der Waals surface area contributed by atoms with E-state index in [1.807, 2.05) is 0 Å². The standard InChI is InChI=1S/C15H24N2O/c1-11-10-14(18-12(11)2)15(13-4-3-5-13)17-8-6-16-7-9-17/h10,13,15-16H,3-9H2,1-2H3/t15-/m1/s1. The molecule has 0 spiro atoms. The Labute approximate surface area is 110 Å². The van der Waals surface area contributed by atoms with Crippen molar-refractivity contribution < 1.29 is 4.42 Å². The Balaban J connectivity index is 1.84. The fraction of sp³-hybridized carbons (Fsp3) is 0.733. The van der Waals surface area contributed by atoms with Crippen molar-refractivity contribution in [1.82, 2.24) is 10.2 Å². The highest BCUT2D eigenvalue weighted by atomic mass is 16.3. The van der Waals surface area contributed by atoms with Crippen molar-refractivity contribution in [3.8, 4) is 0 Å². The highest BCUT2D eigenvalue weighted by Crippen LogP contribution is 2.42. The van der Waals surface area contributed by atoms with E-state index >= 15 is 0 Å². The van der Waals surface area contributed by atoms with Gasteiger partial charge in [-0.2, -0.15) is 0 Å². The molecular weight excluding hydrogens is 224 g/mol. The number of furan rings is 1. The van der Waals surface area contributed by atoms with Gasteiger partial charge in [-0.1, -0.05) is 6.42 Å². The lowest BCUT2D eigenvalue weighted by atomic mass is 9.78. The molecule has 2 fully saturated rings. The van der Waals surface area contributed by atoms with Crippen molar-refractivity contribution in [2.45, 2.75) is 39.2 Å². The van der Waals surface area contributed by atoms with Crippen LogP contribution in [0.5, 0.6) is 0 Å². The Kier molecular flexibility index (Phi) is 3.44. The second-order valence-electron chi connectivity index (χ2n) is 5.81. The minimum Gasteiger partial charge on any atom is -0.464 e. The van der Waals surface area contributed by atoms with Crippen molar-refractivity contribution >= 4 is 0 Å². The van der Waals surface area contributed by atoms with Gasteiger partial charge in [-0.05, 0) is 44.2 Å². The predicted molar refractivity (Wildman–Crippen MR) is 72.7 cm³/mol. The summed E-state index contributed by atoms with van der Waals surface area (Å²) in [5, 5.41) is 3.44. The van der Waals surface area contributed by atoms with E-state index in [9.17, 15) is 0 Å². The first-order valence-corrected chi connectivity index (χ1v) is 7.27. The number of piperazine rings is 1. The minimum atomic E-state index is 0.522. The molecule has 0 radical (unpaired) electrons. The maximum atomic E-state index is 6.02. The highest BCUT2D eigenvalue weighted by Gasteiger charge is 2.35. The van der Waals surface area contributed by atoms with Crippen LogP contribution in [-0.4, -0.2) is 31.1 Å². The Morgan fingerprint density at radius 3 is 2.50 bits per heavy atom. The lowest BCUT2D eigenvalue weighted by Crippen LogP contribution is -2.47. The van der Waals surface area contributed by atoms with Crippen LogP contribution in [0.25, 0.3) is 0 Å². The summed E-state index contributed by atoms with van der Waals surface area (Å²) in [7, 11) is 0. The Hall–Kier alpha value is -0.800. The van der Waals surface area contributed by atoms with Crippen LogP contribution in [0.4, 0.5) is 0 Å². The summed E-state index contributed by atoms with van der Waals surface area (Å²) in [5.74, 6) is 3.11. The first-order valence-electron chi connectivity index (χ1n) is 7.27. The van der Waals surface area contributed by atoms with Gasteiger partial charge in [0.1, 0.15) is 11.5 Å². The molecular formula is C15H24N2O. The number of nitrogens with zero attached hydrogens (tertiary/aromatic N) is 1. The molecule has 0 aromatic carbocycles. The maximum Gasteiger partial charge on any atom is 0.121 e. The summed E-state index contributed by atoms with van der Waals surface area (Å²) in [6, 6.07) is 2.79. The molecule has 3 rings (SSSR count). The normalized spacial score (nSPS) is 23.9. The fourth-order valence-electron chi connectivity index (χ4n) is 3.17. The van der Waals surface area contributed by atoms with Gasteiger partial charge in [0, 0.05) is 26.2 Å². The van der Waals surface area contributed by atoms with Gasteiger partial charge in [-0.25, -0.2) is 0 Å². The summed E-state index contributed by atoms with van der Waals surface area (Å²) in [5.41, 5.74) is 1.30. The molecule has 0 bridgehead atoms. The van der Waals surface area contributed by atoms with Crippen LogP contribution >= 0.6 is 0 Å². The second kappa shape index (κ2) is 5.06. The average Bonchev–Trinajstić information content (AvgIpc) is 2.65. The molecule has 3 heteroatoms. The summed E-state index contributed by atoms with van der Waals surface area (Å²) in [6.45, 7) is 8.76. The van der Waals surface area contributed by atoms with Gasteiger partial charge < -0.3 is 9.73 Å². The van der Waals surface area contributed by atoms with Crippen LogP contribution in [0.2, 0.25) is 0 Å². The van der Waals surface area contributed by atoms with Gasteiger partial charge in [-0.15, -0.1) is 0 Å². The molecule has 0 unspecified atom stereocenters. The van der Waals surface area contributed by atoms with Crippen LogP contribution in [0.3, 0.4) is 0 Å². The lowest BCUT2D eigenvalue weighted by molar-refractivity contribution is 0.0679. The zero-order valence-electron chi connectivity index (χ0n) is 11.5. The number of nitrogens with one attached hydrogen (secondary N) is 1. The van der Waals surface area contributed by atoms with Crippen LogP contribution in [0, 0.1) is 19.8 Å². The summed E-state index contributed by atoms with van der Waals surface area (Å²) in [4.78, 5) is 2.62. The molecule has 1 aromatic rings. The molecule has 2 heterocycles. The zero-order chi connectivity index (χ0) is 12.5. The molecule has 0 amide bonds. The fourth-order valence-corrected chi connectivity index (χ4v) is 3.17. The van der Waals surface area contributed by atoms with Crippen LogP contribution < -0.4 is 5.32 Å². The number of hydrogen-bond acceptors (Lipinski definition) is 3. The number of aryl methyl sites for hydroxylation is 2.